The third kappa shape index (κ3) is 2.97. The number of hydrogen-bond acceptors (Lipinski definition) is 2. The lowest BCUT2D eigenvalue weighted by Gasteiger charge is -2.43. The van der Waals surface area contributed by atoms with Gasteiger partial charge in [-0.15, -0.1) is 0 Å². The van der Waals surface area contributed by atoms with Gasteiger partial charge >= 0.3 is 0 Å². The van der Waals surface area contributed by atoms with Gasteiger partial charge in [-0.1, -0.05) is 43.2 Å². The maximum absolute atomic E-state index is 13.3. The lowest BCUT2D eigenvalue weighted by atomic mass is 9.68. The molecule has 2 bridgehead atoms. The molecular formula is C27H32N2O. The van der Waals surface area contributed by atoms with Gasteiger partial charge in [0.25, 0.3) is 5.91 Å². The molecule has 1 N–H and O–H groups in total. The van der Waals surface area contributed by atoms with E-state index in [9.17, 15) is 4.79 Å². The fraction of sp³-hybridized carbons (Fsp3) is 0.519. The zero-order chi connectivity index (χ0) is 20.1. The van der Waals surface area contributed by atoms with Crippen LogP contribution >= 0.6 is 0 Å². The van der Waals surface area contributed by atoms with Gasteiger partial charge in [-0.25, -0.2) is 0 Å². The van der Waals surface area contributed by atoms with Crippen LogP contribution < -0.4 is 5.32 Å². The van der Waals surface area contributed by atoms with Crippen LogP contribution in [0.2, 0.25) is 0 Å². The minimum atomic E-state index is 0.240. The number of benzene rings is 2. The van der Waals surface area contributed by atoms with E-state index in [-0.39, 0.29) is 5.91 Å². The number of anilines is 1. The highest BCUT2D eigenvalue weighted by Crippen LogP contribution is 2.63. The van der Waals surface area contributed by atoms with Crippen LogP contribution in [0.5, 0.6) is 0 Å². The van der Waals surface area contributed by atoms with Crippen molar-refractivity contribution in [3.05, 3.63) is 65.2 Å². The van der Waals surface area contributed by atoms with Crippen molar-refractivity contribution in [1.29, 1.82) is 0 Å². The Hall–Kier alpha value is -2.29. The minimum absolute atomic E-state index is 0.240. The van der Waals surface area contributed by atoms with Crippen LogP contribution in [-0.4, -0.2) is 23.9 Å². The van der Waals surface area contributed by atoms with E-state index in [1.54, 1.807) is 0 Å². The molecular weight excluding hydrogens is 368 g/mol. The van der Waals surface area contributed by atoms with E-state index in [1.807, 2.05) is 0 Å². The molecule has 2 aliphatic heterocycles. The summed E-state index contributed by atoms with van der Waals surface area (Å²) in [5, 5.41) is 3.90. The maximum atomic E-state index is 13.3. The summed E-state index contributed by atoms with van der Waals surface area (Å²) in [4.78, 5) is 15.4. The number of hydrogen-bond donors (Lipinski definition) is 1. The van der Waals surface area contributed by atoms with E-state index in [4.69, 9.17) is 0 Å². The molecule has 2 aromatic carbocycles. The summed E-state index contributed by atoms with van der Waals surface area (Å²) in [6, 6.07) is 17.9. The number of carbonyl (C=O) groups is 1. The van der Waals surface area contributed by atoms with Crippen LogP contribution in [0.4, 0.5) is 5.69 Å². The van der Waals surface area contributed by atoms with Gasteiger partial charge < -0.3 is 10.2 Å². The second kappa shape index (κ2) is 7.44. The lowest BCUT2D eigenvalue weighted by Crippen LogP contribution is -2.36. The highest BCUT2D eigenvalue weighted by molar-refractivity contribution is 5.95. The Morgan fingerprint density at radius 1 is 0.900 bits per heavy atom. The number of amides is 1. The monoisotopic (exact) mass is 400 g/mol. The number of nitrogens with zero attached hydrogens (tertiary/aromatic N) is 1. The van der Waals surface area contributed by atoms with Gasteiger partial charge in [-0.2, -0.15) is 0 Å². The molecule has 2 saturated carbocycles. The van der Waals surface area contributed by atoms with Crippen LogP contribution in [-0.2, 0) is 0 Å². The first kappa shape index (κ1) is 18.5. The highest BCUT2D eigenvalue weighted by atomic mass is 16.2. The standard InChI is InChI=1S/C27H32N2O/c30-27(29-14-6-1-2-7-15-29)21-12-13-23-22(17-21)24-19-10-11-20(16-19)25(24)26(28-23)18-8-4-3-5-9-18/h3-5,8-9,12-13,17,19-20,24-26,28H,1-2,6-7,10-11,14-16H2/t19-,20-,24-,25+,26-/m0/s1. The molecule has 5 atom stereocenters. The summed E-state index contributed by atoms with van der Waals surface area (Å²) >= 11 is 0. The molecule has 0 unspecified atom stereocenters. The number of rotatable bonds is 2. The van der Waals surface area contributed by atoms with Gasteiger partial charge in [0, 0.05) is 24.3 Å². The summed E-state index contributed by atoms with van der Waals surface area (Å²) in [6.07, 6.45) is 8.90. The molecule has 0 aromatic heterocycles. The average molecular weight is 401 g/mol. The van der Waals surface area contributed by atoms with Gasteiger partial charge in [0.2, 0.25) is 0 Å². The first-order chi connectivity index (χ1) is 14.8. The molecule has 0 radical (unpaired) electrons. The smallest absolute Gasteiger partial charge is 0.253 e. The van der Waals surface area contributed by atoms with E-state index in [2.05, 4.69) is 58.7 Å². The first-order valence-corrected chi connectivity index (χ1v) is 12.0. The van der Waals surface area contributed by atoms with Gasteiger partial charge in [0.05, 0.1) is 6.04 Å². The number of nitrogens with one attached hydrogen (secondary N) is 1. The van der Waals surface area contributed by atoms with E-state index in [0.29, 0.717) is 17.9 Å². The molecule has 3 nitrogen and oxygen atoms in total. The summed E-state index contributed by atoms with van der Waals surface area (Å²) in [5.74, 6) is 3.10. The summed E-state index contributed by atoms with van der Waals surface area (Å²) in [6.45, 7) is 1.84. The fourth-order valence-electron chi connectivity index (χ4n) is 7.07. The van der Waals surface area contributed by atoms with Crippen molar-refractivity contribution in [3.63, 3.8) is 0 Å². The normalized spacial score (nSPS) is 32.1. The van der Waals surface area contributed by atoms with Crippen molar-refractivity contribution >= 4 is 11.6 Å². The van der Waals surface area contributed by atoms with E-state index >= 15 is 0 Å². The summed E-state index contributed by atoms with van der Waals surface area (Å²) < 4.78 is 0. The number of carbonyl (C=O) groups excluding carboxylic acids is 1. The van der Waals surface area contributed by atoms with Crippen molar-refractivity contribution in [2.75, 3.05) is 18.4 Å². The van der Waals surface area contributed by atoms with Gasteiger partial charge in [0.15, 0.2) is 0 Å². The molecule has 3 heteroatoms. The molecule has 2 aliphatic carbocycles. The molecule has 0 spiro atoms. The molecule has 4 aliphatic rings. The van der Waals surface area contributed by atoms with Crippen LogP contribution in [0.3, 0.4) is 0 Å². The van der Waals surface area contributed by atoms with Gasteiger partial charge in [-0.05, 0) is 85.1 Å². The summed E-state index contributed by atoms with van der Waals surface area (Å²) in [5.41, 5.74) is 4.98. The Morgan fingerprint density at radius 2 is 1.67 bits per heavy atom. The van der Waals surface area contributed by atoms with Crippen molar-refractivity contribution in [2.45, 2.75) is 56.9 Å². The lowest BCUT2D eigenvalue weighted by molar-refractivity contribution is 0.0761. The average Bonchev–Trinajstić information content (AvgIpc) is 3.31. The van der Waals surface area contributed by atoms with Crippen LogP contribution in [0.15, 0.2) is 48.5 Å². The molecule has 1 amide bonds. The quantitative estimate of drug-likeness (QED) is 0.670. The molecule has 1 saturated heterocycles. The summed E-state index contributed by atoms with van der Waals surface area (Å²) in [7, 11) is 0. The molecule has 2 aromatic rings. The van der Waals surface area contributed by atoms with Crippen molar-refractivity contribution in [3.8, 4) is 0 Å². The second-order valence-electron chi connectivity index (χ2n) is 9.98. The van der Waals surface area contributed by atoms with Gasteiger partial charge in [-0.3, -0.25) is 4.79 Å². The van der Waals surface area contributed by atoms with Crippen LogP contribution in [0.25, 0.3) is 0 Å². The van der Waals surface area contributed by atoms with Crippen molar-refractivity contribution < 1.29 is 4.79 Å². The zero-order valence-electron chi connectivity index (χ0n) is 17.7. The molecule has 30 heavy (non-hydrogen) atoms. The maximum Gasteiger partial charge on any atom is 0.253 e. The Kier molecular flexibility index (Phi) is 4.58. The third-order valence-corrected chi connectivity index (χ3v) is 8.39. The Bertz CT molecular complexity index is 931. The Labute approximate surface area is 179 Å². The number of fused-ring (bicyclic) bond motifs is 7. The third-order valence-electron chi connectivity index (χ3n) is 8.39. The van der Waals surface area contributed by atoms with Crippen molar-refractivity contribution in [2.24, 2.45) is 17.8 Å². The molecule has 6 rings (SSSR count). The Morgan fingerprint density at radius 3 is 2.47 bits per heavy atom. The topological polar surface area (TPSA) is 32.3 Å². The van der Waals surface area contributed by atoms with Crippen molar-refractivity contribution in [1.82, 2.24) is 4.90 Å². The highest BCUT2D eigenvalue weighted by Gasteiger charge is 2.53. The van der Waals surface area contributed by atoms with E-state index in [0.717, 1.165) is 43.3 Å². The second-order valence-corrected chi connectivity index (χ2v) is 9.98. The SMILES string of the molecule is O=C(c1ccc2c(c1)[C@@H]1[C@H]3CC[C@@H](C3)[C@H]1[C@H](c1ccccc1)N2)N1CCCCCC1. The Balaban J connectivity index is 1.36. The van der Waals surface area contributed by atoms with E-state index in [1.165, 1.54) is 48.9 Å². The predicted molar refractivity (Wildman–Crippen MR) is 121 cm³/mol. The molecule has 2 heterocycles. The van der Waals surface area contributed by atoms with E-state index < -0.39 is 0 Å². The van der Waals surface area contributed by atoms with Crippen LogP contribution in [0.1, 0.15) is 78.4 Å². The molecule has 156 valence electrons. The minimum Gasteiger partial charge on any atom is -0.378 e. The van der Waals surface area contributed by atoms with Crippen LogP contribution in [0, 0.1) is 17.8 Å². The molecule has 3 fully saturated rings. The number of likely N-dealkylation sites (tertiary alicyclic amines) is 1. The largest absolute Gasteiger partial charge is 0.378 e. The first-order valence-electron chi connectivity index (χ1n) is 12.0. The van der Waals surface area contributed by atoms with Gasteiger partial charge in [0.1, 0.15) is 0 Å². The predicted octanol–water partition coefficient (Wildman–Crippen LogP) is 6.00. The zero-order valence-corrected chi connectivity index (χ0v) is 17.7. The fourth-order valence-corrected chi connectivity index (χ4v) is 7.07.